The zero-order chi connectivity index (χ0) is 42.9. The molecule has 322 valence electrons. The molecule has 4 rings (SSSR count). The molecule has 0 saturated carbocycles. The number of carboxylic acids is 1. The average molecular weight is 876 g/mol. The molecular formula is C43H65NO10S2Si2. The number of nitrogens with zero attached hydrogens (tertiary/aromatic N) is 1. The van der Waals surface area contributed by atoms with E-state index in [2.05, 4.69) is 65.3 Å². The number of hydrogen-bond donors (Lipinski definition) is 1. The van der Waals surface area contributed by atoms with Gasteiger partial charge in [0.05, 0.1) is 24.5 Å². The van der Waals surface area contributed by atoms with E-state index in [1.54, 1.807) is 24.3 Å². The maximum Gasteiger partial charge on any atom is 0.303 e. The third-order valence-corrected chi connectivity index (χ3v) is 16.5. The van der Waals surface area contributed by atoms with Crippen LogP contribution in [0.3, 0.4) is 0 Å². The molecule has 1 N–H and O–H groups in total. The molecule has 11 nitrogen and oxygen atoms in total. The fourth-order valence-electron chi connectivity index (χ4n) is 7.03. The van der Waals surface area contributed by atoms with Crippen molar-refractivity contribution in [2.75, 3.05) is 51.0 Å². The highest BCUT2D eigenvalue weighted by atomic mass is 32.2. The van der Waals surface area contributed by atoms with Crippen LogP contribution in [0.25, 0.3) is 11.1 Å². The van der Waals surface area contributed by atoms with Gasteiger partial charge in [-0.05, 0) is 108 Å². The van der Waals surface area contributed by atoms with Crippen LogP contribution in [0, 0.1) is 13.8 Å². The van der Waals surface area contributed by atoms with Gasteiger partial charge in [-0.2, -0.15) is 4.31 Å². The van der Waals surface area contributed by atoms with Crippen molar-refractivity contribution >= 4 is 42.0 Å². The van der Waals surface area contributed by atoms with E-state index in [4.69, 9.17) is 18.9 Å². The monoisotopic (exact) mass is 875 g/mol. The molecule has 0 amide bonds. The minimum Gasteiger partial charge on any atom is -0.494 e. The van der Waals surface area contributed by atoms with Crippen molar-refractivity contribution in [2.24, 2.45) is 0 Å². The average Bonchev–Trinajstić information content (AvgIpc) is 3.50. The molecule has 0 spiro atoms. The van der Waals surface area contributed by atoms with E-state index < -0.39 is 53.6 Å². The van der Waals surface area contributed by atoms with E-state index in [1.165, 1.54) is 16.1 Å². The SMILES string of the molecule is Cc1cc(OCCCS(C)(=O)=O)cc(C)c1-c1cccc2c1CC[C@H]2Oc1ccc(C(CC(=O)O)CS(=O)(=O)N(COCC[Si](C)(C)C)COCC[Si](C)(C)C)cc1. The highest BCUT2D eigenvalue weighted by Gasteiger charge is 2.31. The van der Waals surface area contributed by atoms with Crippen LogP contribution >= 0.6 is 0 Å². The lowest BCUT2D eigenvalue weighted by Crippen LogP contribution is -2.39. The Kier molecular flexibility index (Phi) is 16.8. The van der Waals surface area contributed by atoms with Crippen LogP contribution in [-0.4, -0.2) is 99.4 Å². The normalized spacial score (nSPS) is 15.4. The Morgan fingerprint density at radius 1 is 0.845 bits per heavy atom. The summed E-state index contributed by atoms with van der Waals surface area (Å²) in [5, 5.41) is 9.84. The summed E-state index contributed by atoms with van der Waals surface area (Å²) in [6, 6.07) is 19.2. The molecule has 0 aliphatic heterocycles. The molecule has 1 aliphatic carbocycles. The van der Waals surface area contributed by atoms with Gasteiger partial charge in [-0.25, -0.2) is 16.8 Å². The van der Waals surface area contributed by atoms with Crippen molar-refractivity contribution in [3.63, 3.8) is 0 Å². The number of rotatable bonds is 24. The predicted octanol–water partition coefficient (Wildman–Crippen LogP) is 8.66. The van der Waals surface area contributed by atoms with Crippen molar-refractivity contribution in [3.05, 3.63) is 82.4 Å². The molecule has 1 unspecified atom stereocenters. The van der Waals surface area contributed by atoms with Gasteiger partial charge in [0.1, 0.15) is 40.9 Å². The highest BCUT2D eigenvalue weighted by Crippen LogP contribution is 2.42. The minimum atomic E-state index is -3.97. The van der Waals surface area contributed by atoms with Gasteiger partial charge in [-0.15, -0.1) is 0 Å². The second kappa shape index (κ2) is 20.5. The van der Waals surface area contributed by atoms with Gasteiger partial charge in [-0.3, -0.25) is 4.79 Å². The third-order valence-electron chi connectivity index (χ3n) is 10.2. The first-order valence-corrected chi connectivity index (χ1v) is 31.3. The molecule has 0 aromatic heterocycles. The van der Waals surface area contributed by atoms with Crippen molar-refractivity contribution in [1.82, 2.24) is 4.31 Å². The zero-order valence-corrected chi connectivity index (χ0v) is 39.6. The van der Waals surface area contributed by atoms with Crippen LogP contribution in [0.4, 0.5) is 0 Å². The largest absolute Gasteiger partial charge is 0.494 e. The standard InChI is InChI=1S/C43H65NO10S2Si2/c1-32-26-37(53-20-11-23-55(3,47)48)27-33(2)43(32)40-13-10-12-39-38(40)18-19-41(39)54-36-16-14-34(15-17-36)35(28-42(45)46)29-56(49,50)44(30-51-21-24-57(4,5)6)31-52-22-25-58(7,8)9/h10,12-17,26-27,35,41H,11,18-25,28-31H2,1-9H3,(H,45,46)/t35?,41-/m1/s1. The van der Waals surface area contributed by atoms with Crippen molar-refractivity contribution in [3.8, 4) is 22.6 Å². The molecule has 0 fully saturated rings. The molecule has 58 heavy (non-hydrogen) atoms. The minimum absolute atomic E-state index is 0.0889. The smallest absolute Gasteiger partial charge is 0.303 e. The van der Waals surface area contributed by atoms with Crippen LogP contribution in [0.15, 0.2) is 54.6 Å². The second-order valence-electron chi connectivity index (χ2n) is 18.1. The quantitative estimate of drug-likeness (QED) is 0.0527. The van der Waals surface area contributed by atoms with Crippen molar-refractivity contribution in [2.45, 2.75) is 103 Å². The summed E-state index contributed by atoms with van der Waals surface area (Å²) in [5.41, 5.74) is 7.35. The Morgan fingerprint density at radius 2 is 1.43 bits per heavy atom. The fourth-order valence-corrected chi connectivity index (χ4v) is 10.7. The summed E-state index contributed by atoms with van der Waals surface area (Å²) >= 11 is 0. The van der Waals surface area contributed by atoms with Crippen LogP contribution in [-0.2, 0) is 40.5 Å². The predicted molar refractivity (Wildman–Crippen MR) is 238 cm³/mol. The van der Waals surface area contributed by atoms with E-state index >= 15 is 0 Å². The topological polar surface area (TPSA) is 146 Å². The highest BCUT2D eigenvalue weighted by molar-refractivity contribution is 7.90. The summed E-state index contributed by atoms with van der Waals surface area (Å²) in [6.07, 6.45) is 2.73. The molecule has 1 aliphatic rings. The molecule has 0 heterocycles. The van der Waals surface area contributed by atoms with Crippen LogP contribution in [0.5, 0.6) is 11.5 Å². The summed E-state index contributed by atoms with van der Waals surface area (Å²) in [5.74, 6) is -0.863. The fraction of sp³-hybridized carbons (Fsp3) is 0.558. The van der Waals surface area contributed by atoms with Gasteiger partial charge < -0.3 is 24.1 Å². The number of sulfone groups is 1. The lowest BCUT2D eigenvalue weighted by atomic mass is 9.90. The molecule has 0 saturated heterocycles. The van der Waals surface area contributed by atoms with Crippen molar-refractivity contribution < 1.29 is 45.7 Å². The second-order valence-corrected chi connectivity index (χ2v) is 33.6. The van der Waals surface area contributed by atoms with Gasteiger partial charge in [-0.1, -0.05) is 69.6 Å². The van der Waals surface area contributed by atoms with Gasteiger partial charge in [0.15, 0.2) is 0 Å². The zero-order valence-electron chi connectivity index (χ0n) is 35.9. The van der Waals surface area contributed by atoms with Gasteiger partial charge >= 0.3 is 5.97 Å². The Balaban J connectivity index is 1.47. The van der Waals surface area contributed by atoms with E-state index in [0.717, 1.165) is 52.7 Å². The Labute approximate surface area is 349 Å². The summed E-state index contributed by atoms with van der Waals surface area (Å²) in [7, 11) is -9.79. The molecular weight excluding hydrogens is 811 g/mol. The molecule has 3 aromatic carbocycles. The maximum absolute atomic E-state index is 13.9. The first-order valence-electron chi connectivity index (χ1n) is 20.2. The third kappa shape index (κ3) is 15.2. The number of sulfonamides is 1. The number of carbonyl (C=O) groups is 1. The number of aliphatic carboxylic acids is 1. The molecule has 15 heteroatoms. The number of fused-ring (bicyclic) bond motifs is 1. The summed E-state index contributed by atoms with van der Waals surface area (Å²) in [6.45, 7) is 18.4. The first kappa shape index (κ1) is 47.6. The van der Waals surface area contributed by atoms with Gasteiger partial charge in [0.25, 0.3) is 0 Å². The molecule has 3 aromatic rings. The number of hydrogen-bond acceptors (Lipinski definition) is 9. The van der Waals surface area contributed by atoms with E-state index in [9.17, 15) is 26.7 Å². The lowest BCUT2D eigenvalue weighted by molar-refractivity contribution is -0.137. The first-order chi connectivity index (χ1) is 27.0. The maximum atomic E-state index is 13.9. The van der Waals surface area contributed by atoms with E-state index in [0.29, 0.717) is 43.3 Å². The summed E-state index contributed by atoms with van der Waals surface area (Å²) in [4.78, 5) is 12.0. The number of ether oxygens (including phenoxy) is 4. The van der Waals surface area contributed by atoms with Gasteiger partial charge in [0.2, 0.25) is 10.0 Å². The Hall–Kier alpha value is -3.06. The number of carboxylic acid groups (broad SMARTS) is 1. The van der Waals surface area contributed by atoms with Crippen molar-refractivity contribution in [1.29, 1.82) is 0 Å². The molecule has 0 radical (unpaired) electrons. The molecule has 2 atom stereocenters. The molecule has 0 bridgehead atoms. The van der Waals surface area contributed by atoms with E-state index in [1.807, 2.05) is 18.2 Å². The van der Waals surface area contributed by atoms with Gasteiger partial charge in [0, 0.05) is 41.5 Å². The number of benzene rings is 3. The van der Waals surface area contributed by atoms with E-state index in [-0.39, 0.29) is 31.7 Å². The summed E-state index contributed by atoms with van der Waals surface area (Å²) < 4.78 is 76.2. The Morgan fingerprint density at radius 3 is 1.97 bits per heavy atom. The van der Waals surface area contributed by atoms with Crippen LogP contribution < -0.4 is 9.47 Å². The Bertz CT molecular complexity index is 2020. The number of aryl methyl sites for hydroxylation is 2. The van der Waals surface area contributed by atoms with Crippen LogP contribution in [0.1, 0.15) is 59.1 Å². The van der Waals surface area contributed by atoms with Crippen LogP contribution in [0.2, 0.25) is 51.4 Å². The lowest BCUT2D eigenvalue weighted by Gasteiger charge is -2.26.